The van der Waals surface area contributed by atoms with Crippen LogP contribution in [0.1, 0.15) is 39.0 Å². The molecule has 2 unspecified atom stereocenters. The SMILES string of the molecule is CCC1CCNC(C(=O)NCCNC(=O)C2CC2)C1. The van der Waals surface area contributed by atoms with Crippen LogP contribution >= 0.6 is 0 Å². The van der Waals surface area contributed by atoms with Crippen molar-refractivity contribution in [1.29, 1.82) is 0 Å². The zero-order valence-corrected chi connectivity index (χ0v) is 11.7. The lowest BCUT2D eigenvalue weighted by Crippen LogP contribution is -2.49. The van der Waals surface area contributed by atoms with E-state index in [-0.39, 0.29) is 23.8 Å². The van der Waals surface area contributed by atoms with Crippen LogP contribution in [0.4, 0.5) is 0 Å². The molecule has 0 aromatic carbocycles. The molecule has 19 heavy (non-hydrogen) atoms. The average molecular weight is 267 g/mol. The highest BCUT2D eigenvalue weighted by Gasteiger charge is 2.29. The van der Waals surface area contributed by atoms with Crippen LogP contribution in [-0.4, -0.2) is 37.5 Å². The summed E-state index contributed by atoms with van der Waals surface area (Å²) in [7, 11) is 0. The average Bonchev–Trinajstić information content (AvgIpc) is 3.27. The van der Waals surface area contributed by atoms with Gasteiger partial charge in [-0.3, -0.25) is 9.59 Å². The summed E-state index contributed by atoms with van der Waals surface area (Å²) in [6.07, 6.45) is 5.27. The van der Waals surface area contributed by atoms with E-state index >= 15 is 0 Å². The molecule has 2 fully saturated rings. The molecule has 1 saturated heterocycles. The Morgan fingerprint density at radius 2 is 1.79 bits per heavy atom. The Labute approximate surface area is 114 Å². The lowest BCUT2D eigenvalue weighted by molar-refractivity contribution is -0.125. The second-order valence-electron chi connectivity index (χ2n) is 5.66. The number of carbonyl (C=O) groups is 2. The summed E-state index contributed by atoms with van der Waals surface area (Å²) in [5, 5.41) is 9.01. The molecule has 1 aliphatic heterocycles. The highest BCUT2D eigenvalue weighted by molar-refractivity contribution is 5.82. The summed E-state index contributed by atoms with van der Waals surface area (Å²) in [6.45, 7) is 4.16. The van der Waals surface area contributed by atoms with Crippen molar-refractivity contribution < 1.29 is 9.59 Å². The Bertz CT molecular complexity index is 329. The molecule has 1 saturated carbocycles. The van der Waals surface area contributed by atoms with Crippen molar-refractivity contribution in [3.63, 3.8) is 0 Å². The lowest BCUT2D eigenvalue weighted by atomic mass is 9.90. The van der Waals surface area contributed by atoms with Gasteiger partial charge < -0.3 is 16.0 Å². The molecule has 0 aromatic heterocycles. The number of amides is 2. The van der Waals surface area contributed by atoms with E-state index in [2.05, 4.69) is 22.9 Å². The van der Waals surface area contributed by atoms with E-state index in [0.29, 0.717) is 19.0 Å². The van der Waals surface area contributed by atoms with Gasteiger partial charge in [0.15, 0.2) is 0 Å². The fourth-order valence-corrected chi connectivity index (χ4v) is 2.55. The predicted octanol–water partition coefficient (Wildman–Crippen LogP) is 0.407. The number of rotatable bonds is 6. The van der Waals surface area contributed by atoms with Gasteiger partial charge in [-0.05, 0) is 38.1 Å². The predicted molar refractivity (Wildman–Crippen MR) is 73.5 cm³/mol. The van der Waals surface area contributed by atoms with Gasteiger partial charge in [0.05, 0.1) is 6.04 Å². The maximum atomic E-state index is 12.0. The Kier molecular flexibility index (Phi) is 5.19. The summed E-state index contributed by atoms with van der Waals surface area (Å²) >= 11 is 0. The van der Waals surface area contributed by atoms with Gasteiger partial charge in [0.1, 0.15) is 0 Å². The molecular weight excluding hydrogens is 242 g/mol. The molecule has 5 heteroatoms. The Balaban J connectivity index is 1.59. The Morgan fingerprint density at radius 1 is 1.11 bits per heavy atom. The number of hydrogen-bond acceptors (Lipinski definition) is 3. The van der Waals surface area contributed by atoms with Crippen molar-refractivity contribution >= 4 is 11.8 Å². The lowest BCUT2D eigenvalue weighted by Gasteiger charge is -2.28. The third-order valence-corrected chi connectivity index (χ3v) is 4.08. The zero-order chi connectivity index (χ0) is 13.7. The Morgan fingerprint density at radius 3 is 2.42 bits per heavy atom. The summed E-state index contributed by atoms with van der Waals surface area (Å²) in [6, 6.07) is -0.0576. The fraction of sp³-hybridized carbons (Fsp3) is 0.857. The number of piperidine rings is 1. The van der Waals surface area contributed by atoms with Crippen LogP contribution in [0.2, 0.25) is 0 Å². The smallest absolute Gasteiger partial charge is 0.237 e. The van der Waals surface area contributed by atoms with Crippen molar-refractivity contribution in [2.24, 2.45) is 11.8 Å². The van der Waals surface area contributed by atoms with Gasteiger partial charge in [0.2, 0.25) is 11.8 Å². The molecule has 108 valence electrons. The van der Waals surface area contributed by atoms with Gasteiger partial charge >= 0.3 is 0 Å². The summed E-state index contributed by atoms with van der Waals surface area (Å²) in [4.78, 5) is 23.4. The molecule has 5 nitrogen and oxygen atoms in total. The van der Waals surface area contributed by atoms with Crippen LogP contribution in [-0.2, 0) is 9.59 Å². The molecule has 1 aliphatic carbocycles. The monoisotopic (exact) mass is 267 g/mol. The van der Waals surface area contributed by atoms with Crippen molar-refractivity contribution in [2.75, 3.05) is 19.6 Å². The minimum atomic E-state index is -0.0576. The van der Waals surface area contributed by atoms with Crippen LogP contribution < -0.4 is 16.0 Å². The number of hydrogen-bond donors (Lipinski definition) is 3. The fourth-order valence-electron chi connectivity index (χ4n) is 2.55. The van der Waals surface area contributed by atoms with Crippen LogP contribution in [0.5, 0.6) is 0 Å². The maximum Gasteiger partial charge on any atom is 0.237 e. The third kappa shape index (κ3) is 4.49. The van der Waals surface area contributed by atoms with Crippen LogP contribution in [0.15, 0.2) is 0 Å². The Hall–Kier alpha value is -1.10. The van der Waals surface area contributed by atoms with E-state index in [0.717, 1.165) is 38.6 Å². The van der Waals surface area contributed by atoms with Gasteiger partial charge in [-0.1, -0.05) is 13.3 Å². The summed E-state index contributed by atoms with van der Waals surface area (Å²) in [5.74, 6) is 1.10. The summed E-state index contributed by atoms with van der Waals surface area (Å²) in [5.41, 5.74) is 0. The van der Waals surface area contributed by atoms with Gasteiger partial charge in [-0.25, -0.2) is 0 Å². The van der Waals surface area contributed by atoms with Gasteiger partial charge in [-0.2, -0.15) is 0 Å². The first-order valence-electron chi connectivity index (χ1n) is 7.49. The number of carbonyl (C=O) groups excluding carboxylic acids is 2. The summed E-state index contributed by atoms with van der Waals surface area (Å²) < 4.78 is 0. The van der Waals surface area contributed by atoms with Crippen molar-refractivity contribution in [2.45, 2.75) is 45.1 Å². The first-order chi connectivity index (χ1) is 9.20. The molecule has 3 N–H and O–H groups in total. The topological polar surface area (TPSA) is 70.2 Å². The normalized spacial score (nSPS) is 26.8. The second-order valence-corrected chi connectivity index (χ2v) is 5.66. The van der Waals surface area contributed by atoms with Crippen LogP contribution in [0, 0.1) is 11.8 Å². The highest BCUT2D eigenvalue weighted by atomic mass is 16.2. The largest absolute Gasteiger partial charge is 0.354 e. The van der Waals surface area contributed by atoms with E-state index in [1.807, 2.05) is 0 Å². The molecule has 0 bridgehead atoms. The molecule has 0 aromatic rings. The molecule has 2 rings (SSSR count). The van der Waals surface area contributed by atoms with Crippen LogP contribution in [0.3, 0.4) is 0 Å². The minimum absolute atomic E-state index is 0.0576. The van der Waals surface area contributed by atoms with Gasteiger partial charge in [0, 0.05) is 19.0 Å². The van der Waals surface area contributed by atoms with E-state index in [4.69, 9.17) is 0 Å². The maximum absolute atomic E-state index is 12.0. The standard InChI is InChI=1S/C14H25N3O2/c1-2-10-5-6-15-12(9-10)14(19)17-8-7-16-13(18)11-3-4-11/h10-12,15H,2-9H2,1H3,(H,16,18)(H,17,19). The first-order valence-corrected chi connectivity index (χ1v) is 7.49. The molecule has 0 spiro atoms. The highest BCUT2D eigenvalue weighted by Crippen LogP contribution is 2.28. The van der Waals surface area contributed by atoms with Crippen molar-refractivity contribution in [3.05, 3.63) is 0 Å². The van der Waals surface area contributed by atoms with Crippen molar-refractivity contribution in [1.82, 2.24) is 16.0 Å². The van der Waals surface area contributed by atoms with Crippen LogP contribution in [0.25, 0.3) is 0 Å². The van der Waals surface area contributed by atoms with E-state index in [9.17, 15) is 9.59 Å². The van der Waals surface area contributed by atoms with Gasteiger partial charge in [0.25, 0.3) is 0 Å². The minimum Gasteiger partial charge on any atom is -0.354 e. The van der Waals surface area contributed by atoms with Crippen molar-refractivity contribution in [3.8, 4) is 0 Å². The van der Waals surface area contributed by atoms with Gasteiger partial charge in [-0.15, -0.1) is 0 Å². The third-order valence-electron chi connectivity index (χ3n) is 4.08. The zero-order valence-electron chi connectivity index (χ0n) is 11.7. The molecular formula is C14H25N3O2. The second kappa shape index (κ2) is 6.89. The molecule has 1 heterocycles. The molecule has 2 atom stereocenters. The van der Waals surface area contributed by atoms with E-state index in [1.165, 1.54) is 0 Å². The number of nitrogens with one attached hydrogen (secondary N) is 3. The first kappa shape index (κ1) is 14.3. The molecule has 0 radical (unpaired) electrons. The molecule has 2 aliphatic rings. The van der Waals surface area contributed by atoms with E-state index in [1.54, 1.807) is 0 Å². The quantitative estimate of drug-likeness (QED) is 0.610. The molecule has 2 amide bonds. The van der Waals surface area contributed by atoms with E-state index < -0.39 is 0 Å².